The van der Waals surface area contributed by atoms with Gasteiger partial charge in [-0.15, -0.1) is 0 Å². The van der Waals surface area contributed by atoms with E-state index in [2.05, 4.69) is 10.1 Å². The molecule has 0 aliphatic carbocycles. The van der Waals surface area contributed by atoms with Gasteiger partial charge in [0, 0.05) is 18.5 Å². The molecule has 1 aliphatic rings. The second-order valence-corrected chi connectivity index (χ2v) is 5.02. The van der Waals surface area contributed by atoms with E-state index >= 15 is 0 Å². The van der Waals surface area contributed by atoms with Gasteiger partial charge in [0.05, 0.1) is 20.1 Å². The number of nitrogens with zero attached hydrogens (tertiary/aromatic N) is 3. The molecular weight excluding hydrogens is 270 g/mol. The number of carbonyl (C=O) groups excluding carboxylic acids is 1. The molecular formula is C15H17N3O3. The second-order valence-electron chi connectivity index (χ2n) is 5.02. The van der Waals surface area contributed by atoms with E-state index in [9.17, 15) is 4.79 Å². The summed E-state index contributed by atoms with van der Waals surface area (Å²) >= 11 is 0. The SMILES string of the molecule is COC(=O)C1CCn2nc(-c3cccc(OC)c3)nc2C1. The highest BCUT2D eigenvalue weighted by molar-refractivity contribution is 5.72. The maximum absolute atomic E-state index is 11.6. The predicted octanol–water partition coefficient (Wildman–Crippen LogP) is 1.69. The van der Waals surface area contributed by atoms with Crippen molar-refractivity contribution < 1.29 is 14.3 Å². The van der Waals surface area contributed by atoms with E-state index in [1.54, 1.807) is 7.11 Å². The Morgan fingerprint density at radius 1 is 1.38 bits per heavy atom. The Hall–Kier alpha value is -2.37. The number of aromatic nitrogens is 3. The van der Waals surface area contributed by atoms with Gasteiger partial charge in [0.25, 0.3) is 0 Å². The Kier molecular flexibility index (Phi) is 3.60. The van der Waals surface area contributed by atoms with Gasteiger partial charge in [0.1, 0.15) is 11.6 Å². The molecule has 1 aromatic heterocycles. The van der Waals surface area contributed by atoms with Crippen molar-refractivity contribution in [2.75, 3.05) is 14.2 Å². The lowest BCUT2D eigenvalue weighted by molar-refractivity contribution is -0.146. The van der Waals surface area contributed by atoms with Crippen LogP contribution in [0.4, 0.5) is 0 Å². The van der Waals surface area contributed by atoms with Crippen LogP contribution in [0.3, 0.4) is 0 Å². The lowest BCUT2D eigenvalue weighted by Gasteiger charge is -2.19. The van der Waals surface area contributed by atoms with Crippen molar-refractivity contribution in [3.63, 3.8) is 0 Å². The van der Waals surface area contributed by atoms with Gasteiger partial charge in [-0.1, -0.05) is 12.1 Å². The van der Waals surface area contributed by atoms with Gasteiger partial charge in [-0.05, 0) is 18.6 Å². The fraction of sp³-hybridized carbons (Fsp3) is 0.400. The van der Waals surface area contributed by atoms with Crippen molar-refractivity contribution in [3.05, 3.63) is 30.1 Å². The molecule has 1 unspecified atom stereocenters. The smallest absolute Gasteiger partial charge is 0.309 e. The minimum absolute atomic E-state index is 0.121. The fourth-order valence-corrected chi connectivity index (χ4v) is 2.56. The van der Waals surface area contributed by atoms with Crippen molar-refractivity contribution in [3.8, 4) is 17.1 Å². The molecule has 0 spiro atoms. The molecule has 110 valence electrons. The summed E-state index contributed by atoms with van der Waals surface area (Å²) in [6.07, 6.45) is 1.31. The van der Waals surface area contributed by atoms with Crippen LogP contribution in [-0.2, 0) is 22.5 Å². The molecule has 0 fully saturated rings. The zero-order chi connectivity index (χ0) is 14.8. The van der Waals surface area contributed by atoms with Gasteiger partial charge in [0.2, 0.25) is 0 Å². The van der Waals surface area contributed by atoms with Crippen molar-refractivity contribution in [1.82, 2.24) is 14.8 Å². The summed E-state index contributed by atoms with van der Waals surface area (Å²) in [7, 11) is 3.05. The van der Waals surface area contributed by atoms with Gasteiger partial charge in [-0.2, -0.15) is 5.10 Å². The maximum atomic E-state index is 11.6. The highest BCUT2D eigenvalue weighted by Crippen LogP contribution is 2.25. The molecule has 6 heteroatoms. The van der Waals surface area contributed by atoms with Crippen LogP contribution >= 0.6 is 0 Å². The van der Waals surface area contributed by atoms with E-state index in [0.29, 0.717) is 18.8 Å². The number of hydrogen-bond acceptors (Lipinski definition) is 5. The molecule has 3 rings (SSSR count). The summed E-state index contributed by atoms with van der Waals surface area (Å²) < 4.78 is 11.9. The molecule has 2 aromatic rings. The number of hydrogen-bond donors (Lipinski definition) is 0. The largest absolute Gasteiger partial charge is 0.497 e. The molecule has 2 heterocycles. The average Bonchev–Trinajstić information content (AvgIpc) is 2.97. The molecule has 0 saturated heterocycles. The monoisotopic (exact) mass is 287 g/mol. The van der Waals surface area contributed by atoms with E-state index < -0.39 is 0 Å². The number of fused-ring (bicyclic) bond motifs is 1. The highest BCUT2D eigenvalue weighted by Gasteiger charge is 2.27. The summed E-state index contributed by atoms with van der Waals surface area (Å²) in [4.78, 5) is 16.2. The molecule has 21 heavy (non-hydrogen) atoms. The standard InChI is InChI=1S/C15H17N3O3/c1-20-12-5-3-4-10(8-12)14-16-13-9-11(15(19)21-2)6-7-18(13)17-14/h3-5,8,11H,6-7,9H2,1-2H3. The van der Waals surface area contributed by atoms with Gasteiger partial charge >= 0.3 is 5.97 Å². The predicted molar refractivity (Wildman–Crippen MR) is 75.8 cm³/mol. The molecule has 0 N–H and O–H groups in total. The second kappa shape index (κ2) is 5.55. The summed E-state index contributed by atoms with van der Waals surface area (Å²) in [5.41, 5.74) is 0.908. The number of carbonyl (C=O) groups is 1. The van der Waals surface area contributed by atoms with Crippen LogP contribution in [0.15, 0.2) is 24.3 Å². The van der Waals surface area contributed by atoms with Gasteiger partial charge < -0.3 is 9.47 Å². The molecule has 0 bridgehead atoms. The number of ether oxygens (including phenoxy) is 2. The molecule has 1 aromatic carbocycles. The van der Waals surface area contributed by atoms with Crippen molar-refractivity contribution in [2.24, 2.45) is 5.92 Å². The minimum Gasteiger partial charge on any atom is -0.497 e. The first-order valence-electron chi connectivity index (χ1n) is 6.87. The number of esters is 1. The van der Waals surface area contributed by atoms with Gasteiger partial charge in [0.15, 0.2) is 5.82 Å². The Bertz CT molecular complexity index is 666. The number of benzene rings is 1. The van der Waals surface area contributed by atoms with Gasteiger partial charge in [-0.25, -0.2) is 9.67 Å². The Labute approximate surface area is 122 Å². The Morgan fingerprint density at radius 3 is 3.00 bits per heavy atom. The third kappa shape index (κ3) is 2.61. The normalized spacial score (nSPS) is 17.1. The first-order valence-corrected chi connectivity index (χ1v) is 6.87. The molecule has 0 radical (unpaired) electrons. The summed E-state index contributed by atoms with van der Waals surface area (Å²) in [5.74, 6) is 1.97. The van der Waals surface area contributed by atoms with E-state index in [0.717, 1.165) is 23.6 Å². The maximum Gasteiger partial charge on any atom is 0.309 e. The Balaban J connectivity index is 1.87. The zero-order valence-electron chi connectivity index (χ0n) is 12.1. The van der Waals surface area contributed by atoms with E-state index in [1.807, 2.05) is 28.9 Å². The van der Waals surface area contributed by atoms with Crippen LogP contribution < -0.4 is 4.74 Å². The topological polar surface area (TPSA) is 66.2 Å². The molecule has 0 saturated carbocycles. The number of rotatable bonds is 3. The number of methoxy groups -OCH3 is 2. The molecule has 6 nitrogen and oxygen atoms in total. The summed E-state index contributed by atoms with van der Waals surface area (Å²) in [6.45, 7) is 0.687. The lowest BCUT2D eigenvalue weighted by atomic mass is 9.98. The van der Waals surface area contributed by atoms with Crippen molar-refractivity contribution >= 4 is 5.97 Å². The van der Waals surface area contributed by atoms with Crippen LogP contribution in [0.5, 0.6) is 5.75 Å². The van der Waals surface area contributed by atoms with Gasteiger partial charge in [-0.3, -0.25) is 4.79 Å². The summed E-state index contributed by atoms with van der Waals surface area (Å²) in [6, 6.07) is 7.64. The van der Waals surface area contributed by atoms with Crippen LogP contribution in [0.25, 0.3) is 11.4 Å². The lowest BCUT2D eigenvalue weighted by Crippen LogP contribution is -2.27. The van der Waals surface area contributed by atoms with Crippen LogP contribution in [0.2, 0.25) is 0 Å². The average molecular weight is 287 g/mol. The number of aryl methyl sites for hydroxylation is 1. The van der Waals surface area contributed by atoms with Crippen LogP contribution in [-0.4, -0.2) is 35.0 Å². The fourth-order valence-electron chi connectivity index (χ4n) is 2.56. The molecule has 1 aliphatic heterocycles. The first-order chi connectivity index (χ1) is 10.2. The third-order valence-corrected chi connectivity index (χ3v) is 3.73. The minimum atomic E-state index is -0.174. The van der Waals surface area contributed by atoms with E-state index in [-0.39, 0.29) is 11.9 Å². The first kappa shape index (κ1) is 13.6. The van der Waals surface area contributed by atoms with E-state index in [4.69, 9.17) is 9.47 Å². The molecule has 1 atom stereocenters. The molecule has 0 amide bonds. The summed E-state index contributed by atoms with van der Waals surface area (Å²) in [5, 5.41) is 4.51. The van der Waals surface area contributed by atoms with E-state index in [1.165, 1.54) is 7.11 Å². The third-order valence-electron chi connectivity index (χ3n) is 3.73. The van der Waals surface area contributed by atoms with Crippen molar-refractivity contribution in [1.29, 1.82) is 0 Å². The zero-order valence-corrected chi connectivity index (χ0v) is 12.1. The van der Waals surface area contributed by atoms with Crippen LogP contribution in [0.1, 0.15) is 12.2 Å². The highest BCUT2D eigenvalue weighted by atomic mass is 16.5. The van der Waals surface area contributed by atoms with Crippen molar-refractivity contribution in [2.45, 2.75) is 19.4 Å². The Morgan fingerprint density at radius 2 is 2.24 bits per heavy atom. The quantitative estimate of drug-likeness (QED) is 0.804. The van der Waals surface area contributed by atoms with Crippen LogP contribution in [0, 0.1) is 5.92 Å².